The summed E-state index contributed by atoms with van der Waals surface area (Å²) < 4.78 is 6.34. The van der Waals surface area contributed by atoms with Gasteiger partial charge in [-0.05, 0) is 74.9 Å². The normalized spacial score (nSPS) is 10.6. The Kier molecular flexibility index (Phi) is 7.07. The highest BCUT2D eigenvalue weighted by Crippen LogP contribution is 2.23. The predicted octanol–water partition coefficient (Wildman–Crippen LogP) is 3.71. The van der Waals surface area contributed by atoms with Crippen molar-refractivity contribution in [2.45, 2.75) is 27.3 Å². The number of methoxy groups -OCH3 is 1. The highest BCUT2D eigenvalue weighted by molar-refractivity contribution is 5.91. The number of hydrogen-bond acceptors (Lipinski definition) is 5. The molecule has 3 rings (SSSR count). The van der Waals surface area contributed by atoms with Crippen molar-refractivity contribution in [2.75, 3.05) is 30.4 Å². The molecule has 1 amide bonds. The lowest BCUT2D eigenvalue weighted by Gasteiger charge is -2.22. The molecule has 0 aliphatic rings. The predicted molar refractivity (Wildman–Crippen MR) is 124 cm³/mol. The summed E-state index contributed by atoms with van der Waals surface area (Å²) in [6.45, 7) is 7.84. The highest BCUT2D eigenvalue weighted by atomic mass is 16.5. The summed E-state index contributed by atoms with van der Waals surface area (Å²) in [5.74, 6) is 0.430. The molecule has 0 unspecified atom stereocenters. The van der Waals surface area contributed by atoms with Crippen molar-refractivity contribution in [1.82, 2.24) is 9.78 Å². The van der Waals surface area contributed by atoms with Gasteiger partial charge in [0.2, 0.25) is 5.91 Å². The number of carbonyl (C=O) groups excluding carboxylic acids is 1. The van der Waals surface area contributed by atoms with Crippen LogP contribution in [0, 0.1) is 6.92 Å². The molecule has 0 aliphatic carbocycles. The molecule has 7 nitrogen and oxygen atoms in total. The number of benzene rings is 2. The zero-order chi connectivity index (χ0) is 22.4. The number of carbonyl (C=O) groups is 1. The molecule has 0 atom stereocenters. The molecule has 1 N–H and O–H groups in total. The topological polar surface area (TPSA) is 76.5 Å². The molecule has 1 heterocycles. The van der Waals surface area contributed by atoms with Crippen molar-refractivity contribution in [1.29, 1.82) is 0 Å². The summed E-state index contributed by atoms with van der Waals surface area (Å²) in [5.41, 5.74) is 3.91. The Morgan fingerprint density at radius 1 is 1.06 bits per heavy atom. The van der Waals surface area contributed by atoms with E-state index in [9.17, 15) is 9.59 Å². The Balaban J connectivity index is 1.75. The minimum Gasteiger partial charge on any atom is -0.497 e. The van der Waals surface area contributed by atoms with Crippen LogP contribution >= 0.6 is 0 Å². The van der Waals surface area contributed by atoms with E-state index in [0.29, 0.717) is 5.69 Å². The molecule has 0 bridgehead atoms. The van der Waals surface area contributed by atoms with Gasteiger partial charge in [-0.3, -0.25) is 9.59 Å². The number of aromatic nitrogens is 2. The maximum atomic E-state index is 12.6. The Bertz CT molecular complexity index is 1100. The number of hydrogen-bond donors (Lipinski definition) is 1. The van der Waals surface area contributed by atoms with Crippen LogP contribution in [0.2, 0.25) is 0 Å². The zero-order valence-electron chi connectivity index (χ0n) is 18.4. The van der Waals surface area contributed by atoms with E-state index in [1.54, 1.807) is 13.2 Å². The molecule has 0 saturated carbocycles. The standard InChI is InChI=1S/C24H28N4O3/c1-5-27(6-2)19-9-12-21(17(3)15-19)25-23(29)16-28-24(30)14-13-22(26-28)18-7-10-20(31-4)11-8-18/h7-15H,5-6,16H2,1-4H3,(H,25,29). The first-order valence-electron chi connectivity index (χ1n) is 10.3. The van der Waals surface area contributed by atoms with Crippen LogP contribution < -0.4 is 20.5 Å². The lowest BCUT2D eigenvalue weighted by Crippen LogP contribution is -2.29. The number of amides is 1. The summed E-state index contributed by atoms with van der Waals surface area (Å²) >= 11 is 0. The number of aryl methyl sites for hydroxylation is 1. The van der Waals surface area contributed by atoms with Gasteiger partial charge in [-0.25, -0.2) is 4.68 Å². The fourth-order valence-corrected chi connectivity index (χ4v) is 3.38. The molecule has 2 aromatic carbocycles. The quantitative estimate of drug-likeness (QED) is 0.601. The second-order valence-corrected chi connectivity index (χ2v) is 7.16. The molecule has 7 heteroatoms. The van der Waals surface area contributed by atoms with Crippen molar-refractivity contribution in [3.05, 3.63) is 70.5 Å². The summed E-state index contributed by atoms with van der Waals surface area (Å²) in [6, 6.07) is 16.4. The smallest absolute Gasteiger partial charge is 0.267 e. The summed E-state index contributed by atoms with van der Waals surface area (Å²) in [7, 11) is 1.60. The molecule has 0 aliphatic heterocycles. The summed E-state index contributed by atoms with van der Waals surface area (Å²) in [4.78, 5) is 27.1. The minimum absolute atomic E-state index is 0.167. The number of anilines is 2. The van der Waals surface area contributed by atoms with E-state index >= 15 is 0 Å². The number of ether oxygens (including phenoxy) is 1. The van der Waals surface area contributed by atoms with E-state index in [-0.39, 0.29) is 18.0 Å². The Morgan fingerprint density at radius 3 is 2.39 bits per heavy atom. The Labute approximate surface area is 182 Å². The fraction of sp³-hybridized carbons (Fsp3) is 0.292. The van der Waals surface area contributed by atoms with Gasteiger partial charge < -0.3 is 15.0 Å². The minimum atomic E-state index is -0.332. The van der Waals surface area contributed by atoms with Crippen LogP contribution in [-0.2, 0) is 11.3 Å². The van der Waals surface area contributed by atoms with Gasteiger partial charge in [-0.15, -0.1) is 0 Å². The molecular formula is C24H28N4O3. The molecule has 162 valence electrons. The van der Waals surface area contributed by atoms with E-state index in [0.717, 1.165) is 41.3 Å². The van der Waals surface area contributed by atoms with E-state index in [2.05, 4.69) is 35.2 Å². The van der Waals surface area contributed by atoms with E-state index in [4.69, 9.17) is 4.74 Å². The molecule has 0 radical (unpaired) electrons. The molecule has 1 aromatic heterocycles. The van der Waals surface area contributed by atoms with Gasteiger partial charge in [0, 0.05) is 36.1 Å². The fourth-order valence-electron chi connectivity index (χ4n) is 3.38. The van der Waals surface area contributed by atoms with E-state index in [1.165, 1.54) is 10.7 Å². The molecular weight excluding hydrogens is 392 g/mol. The Morgan fingerprint density at radius 2 is 1.77 bits per heavy atom. The van der Waals surface area contributed by atoms with Crippen LogP contribution in [0.4, 0.5) is 11.4 Å². The van der Waals surface area contributed by atoms with Crippen LogP contribution in [0.3, 0.4) is 0 Å². The van der Waals surface area contributed by atoms with E-state index < -0.39 is 0 Å². The van der Waals surface area contributed by atoms with Crippen LogP contribution in [0.15, 0.2) is 59.4 Å². The van der Waals surface area contributed by atoms with Crippen molar-refractivity contribution in [3.8, 4) is 17.0 Å². The largest absolute Gasteiger partial charge is 0.497 e. The van der Waals surface area contributed by atoms with Gasteiger partial charge in [0.15, 0.2) is 0 Å². The Hall–Kier alpha value is -3.61. The van der Waals surface area contributed by atoms with Crippen molar-refractivity contribution < 1.29 is 9.53 Å². The zero-order valence-corrected chi connectivity index (χ0v) is 18.4. The molecule has 0 spiro atoms. The average Bonchev–Trinajstić information content (AvgIpc) is 2.78. The van der Waals surface area contributed by atoms with Crippen molar-refractivity contribution in [3.63, 3.8) is 0 Å². The SMILES string of the molecule is CCN(CC)c1ccc(NC(=O)Cn2nc(-c3ccc(OC)cc3)ccc2=O)c(C)c1. The second kappa shape index (κ2) is 9.93. The van der Waals surface area contributed by atoms with Gasteiger partial charge in [-0.2, -0.15) is 5.10 Å². The third-order valence-electron chi connectivity index (χ3n) is 5.16. The first-order valence-corrected chi connectivity index (χ1v) is 10.3. The molecule has 3 aromatic rings. The van der Waals surface area contributed by atoms with Crippen molar-refractivity contribution >= 4 is 17.3 Å². The monoisotopic (exact) mass is 420 g/mol. The van der Waals surface area contributed by atoms with E-state index in [1.807, 2.05) is 43.3 Å². The maximum absolute atomic E-state index is 12.6. The lowest BCUT2D eigenvalue weighted by molar-refractivity contribution is -0.117. The molecule has 31 heavy (non-hydrogen) atoms. The van der Waals surface area contributed by atoms with Crippen LogP contribution in [0.1, 0.15) is 19.4 Å². The third kappa shape index (κ3) is 5.31. The number of nitrogens with one attached hydrogen (secondary N) is 1. The second-order valence-electron chi connectivity index (χ2n) is 7.16. The van der Waals surface area contributed by atoms with Gasteiger partial charge in [0.1, 0.15) is 12.3 Å². The van der Waals surface area contributed by atoms with Gasteiger partial charge in [0.25, 0.3) is 5.56 Å². The summed E-state index contributed by atoms with van der Waals surface area (Å²) in [5, 5.41) is 7.25. The van der Waals surface area contributed by atoms with Crippen LogP contribution in [-0.4, -0.2) is 35.9 Å². The first-order chi connectivity index (χ1) is 14.9. The highest BCUT2D eigenvalue weighted by Gasteiger charge is 2.11. The lowest BCUT2D eigenvalue weighted by atomic mass is 10.1. The number of nitrogens with zero attached hydrogens (tertiary/aromatic N) is 3. The van der Waals surface area contributed by atoms with Crippen LogP contribution in [0.25, 0.3) is 11.3 Å². The van der Waals surface area contributed by atoms with Gasteiger partial charge >= 0.3 is 0 Å². The van der Waals surface area contributed by atoms with Gasteiger partial charge in [-0.1, -0.05) is 0 Å². The third-order valence-corrected chi connectivity index (χ3v) is 5.16. The van der Waals surface area contributed by atoms with Crippen molar-refractivity contribution in [2.24, 2.45) is 0 Å². The summed E-state index contributed by atoms with van der Waals surface area (Å²) in [6.07, 6.45) is 0. The van der Waals surface area contributed by atoms with Gasteiger partial charge in [0.05, 0.1) is 12.8 Å². The van der Waals surface area contributed by atoms with Crippen LogP contribution in [0.5, 0.6) is 5.75 Å². The number of rotatable bonds is 8. The average molecular weight is 421 g/mol. The molecule has 0 fully saturated rings. The molecule has 0 saturated heterocycles. The first kappa shape index (κ1) is 22.1. The maximum Gasteiger partial charge on any atom is 0.267 e.